The molecule has 2 aromatic carbocycles. The molecule has 0 heterocycles. The van der Waals surface area contributed by atoms with Crippen molar-refractivity contribution in [3.8, 4) is 5.75 Å². The minimum Gasteiger partial charge on any atom is -0.491 e. The Kier molecular flexibility index (Phi) is 5.42. The average molecular weight is 271 g/mol. The van der Waals surface area contributed by atoms with Crippen LogP contribution in [0.15, 0.2) is 42.5 Å². The zero-order valence-corrected chi connectivity index (χ0v) is 12.7. The second-order valence-electron chi connectivity index (χ2n) is 5.34. The lowest BCUT2D eigenvalue weighted by Gasteiger charge is -2.24. The maximum atomic E-state index is 6.09. The maximum Gasteiger partial charge on any atom is 0.127 e. The highest BCUT2D eigenvalue weighted by atomic mass is 16.5. The van der Waals surface area contributed by atoms with Crippen molar-refractivity contribution >= 4 is 10.8 Å². The van der Waals surface area contributed by atoms with E-state index in [1.807, 2.05) is 0 Å². The van der Waals surface area contributed by atoms with Crippen LogP contribution in [0.1, 0.15) is 27.2 Å². The molecular formula is C18H25NO. The third-order valence-corrected chi connectivity index (χ3v) is 3.97. The molecule has 2 heteroatoms. The molecule has 0 bridgehead atoms. The molecular weight excluding hydrogens is 246 g/mol. The van der Waals surface area contributed by atoms with E-state index in [-0.39, 0.29) is 0 Å². The van der Waals surface area contributed by atoms with E-state index in [1.165, 1.54) is 10.8 Å². The highest BCUT2D eigenvalue weighted by Crippen LogP contribution is 2.25. The molecule has 0 amide bonds. The van der Waals surface area contributed by atoms with Crippen molar-refractivity contribution in [1.82, 2.24) is 5.32 Å². The SMILES string of the molecule is CCNC(COc1cccc2ccccc12)C(C)CC. The Morgan fingerprint density at radius 3 is 2.55 bits per heavy atom. The van der Waals surface area contributed by atoms with Crippen LogP contribution in [0.3, 0.4) is 0 Å². The van der Waals surface area contributed by atoms with Crippen molar-refractivity contribution in [2.75, 3.05) is 13.2 Å². The summed E-state index contributed by atoms with van der Waals surface area (Å²) in [4.78, 5) is 0. The summed E-state index contributed by atoms with van der Waals surface area (Å²) in [5, 5.41) is 5.95. The Morgan fingerprint density at radius 2 is 1.80 bits per heavy atom. The highest BCUT2D eigenvalue weighted by molar-refractivity contribution is 5.88. The van der Waals surface area contributed by atoms with E-state index in [9.17, 15) is 0 Å². The predicted octanol–water partition coefficient (Wildman–Crippen LogP) is 4.24. The van der Waals surface area contributed by atoms with E-state index < -0.39 is 0 Å². The predicted molar refractivity (Wildman–Crippen MR) is 86.4 cm³/mol. The minimum absolute atomic E-state index is 0.406. The Balaban J connectivity index is 2.11. The van der Waals surface area contributed by atoms with Gasteiger partial charge in [-0.15, -0.1) is 0 Å². The molecule has 2 nitrogen and oxygen atoms in total. The van der Waals surface area contributed by atoms with E-state index in [4.69, 9.17) is 4.74 Å². The molecule has 108 valence electrons. The molecule has 2 aromatic rings. The zero-order valence-electron chi connectivity index (χ0n) is 12.7. The normalized spacial score (nSPS) is 14.2. The number of nitrogens with one attached hydrogen (secondary N) is 1. The first-order valence-corrected chi connectivity index (χ1v) is 7.60. The second kappa shape index (κ2) is 7.30. The summed E-state index contributed by atoms with van der Waals surface area (Å²) < 4.78 is 6.09. The second-order valence-corrected chi connectivity index (χ2v) is 5.34. The Morgan fingerprint density at radius 1 is 1.05 bits per heavy atom. The first-order chi connectivity index (χ1) is 9.76. The monoisotopic (exact) mass is 271 g/mol. The fourth-order valence-electron chi connectivity index (χ4n) is 2.47. The molecule has 1 N–H and O–H groups in total. The van der Waals surface area contributed by atoms with Gasteiger partial charge in [0.2, 0.25) is 0 Å². The molecule has 0 spiro atoms. The van der Waals surface area contributed by atoms with Crippen molar-refractivity contribution in [1.29, 1.82) is 0 Å². The van der Waals surface area contributed by atoms with Gasteiger partial charge >= 0.3 is 0 Å². The van der Waals surface area contributed by atoms with Crippen molar-refractivity contribution in [2.45, 2.75) is 33.2 Å². The largest absolute Gasteiger partial charge is 0.491 e. The van der Waals surface area contributed by atoms with Crippen molar-refractivity contribution in [3.63, 3.8) is 0 Å². The van der Waals surface area contributed by atoms with E-state index in [2.05, 4.69) is 68.6 Å². The van der Waals surface area contributed by atoms with Gasteiger partial charge in [0, 0.05) is 11.4 Å². The summed E-state index contributed by atoms with van der Waals surface area (Å²) in [5.41, 5.74) is 0. The standard InChI is InChI=1S/C18H25NO/c1-4-14(3)17(19-5-2)13-20-18-12-8-10-15-9-6-7-11-16(15)18/h6-12,14,17,19H,4-5,13H2,1-3H3. The first kappa shape index (κ1) is 14.9. The summed E-state index contributed by atoms with van der Waals surface area (Å²) in [5.74, 6) is 1.60. The fourth-order valence-corrected chi connectivity index (χ4v) is 2.47. The Hall–Kier alpha value is -1.54. The quantitative estimate of drug-likeness (QED) is 0.813. The number of benzene rings is 2. The van der Waals surface area contributed by atoms with Crippen molar-refractivity contribution < 1.29 is 4.74 Å². The van der Waals surface area contributed by atoms with E-state index in [0.717, 1.165) is 25.3 Å². The smallest absolute Gasteiger partial charge is 0.127 e. The molecule has 2 rings (SSSR count). The van der Waals surface area contributed by atoms with Crippen LogP contribution in [-0.2, 0) is 0 Å². The molecule has 0 saturated carbocycles. The number of hydrogen-bond donors (Lipinski definition) is 1. The third kappa shape index (κ3) is 3.51. The van der Waals surface area contributed by atoms with Crippen LogP contribution in [0, 0.1) is 5.92 Å². The maximum absolute atomic E-state index is 6.09. The highest BCUT2D eigenvalue weighted by Gasteiger charge is 2.15. The van der Waals surface area contributed by atoms with Gasteiger partial charge < -0.3 is 10.1 Å². The topological polar surface area (TPSA) is 21.3 Å². The molecule has 2 atom stereocenters. The summed E-state index contributed by atoms with van der Waals surface area (Å²) in [6.07, 6.45) is 1.16. The van der Waals surface area contributed by atoms with E-state index in [0.29, 0.717) is 12.0 Å². The van der Waals surface area contributed by atoms with Gasteiger partial charge in [-0.1, -0.05) is 63.6 Å². The lowest BCUT2D eigenvalue weighted by molar-refractivity contribution is 0.224. The van der Waals surface area contributed by atoms with Gasteiger partial charge in [0.25, 0.3) is 0 Å². The molecule has 0 aliphatic carbocycles. The lowest BCUT2D eigenvalue weighted by Crippen LogP contribution is -2.39. The summed E-state index contributed by atoms with van der Waals surface area (Å²) in [7, 11) is 0. The van der Waals surface area contributed by atoms with Crippen LogP contribution in [0.2, 0.25) is 0 Å². The molecule has 0 saturated heterocycles. The zero-order chi connectivity index (χ0) is 14.4. The van der Waals surface area contributed by atoms with Crippen molar-refractivity contribution in [3.05, 3.63) is 42.5 Å². The fraction of sp³-hybridized carbons (Fsp3) is 0.444. The summed E-state index contributed by atoms with van der Waals surface area (Å²) in [6, 6.07) is 15.0. The van der Waals surface area contributed by atoms with Crippen LogP contribution in [0.25, 0.3) is 10.8 Å². The minimum atomic E-state index is 0.406. The molecule has 0 aliphatic rings. The van der Waals surface area contributed by atoms with Gasteiger partial charge in [-0.2, -0.15) is 0 Å². The van der Waals surface area contributed by atoms with Crippen LogP contribution in [-0.4, -0.2) is 19.2 Å². The van der Waals surface area contributed by atoms with Gasteiger partial charge in [0.05, 0.1) is 0 Å². The average Bonchev–Trinajstić information content (AvgIpc) is 2.50. The van der Waals surface area contributed by atoms with Gasteiger partial charge in [-0.3, -0.25) is 0 Å². The van der Waals surface area contributed by atoms with Crippen LogP contribution in [0.4, 0.5) is 0 Å². The lowest BCUT2D eigenvalue weighted by atomic mass is 10.00. The van der Waals surface area contributed by atoms with Crippen molar-refractivity contribution in [2.24, 2.45) is 5.92 Å². The van der Waals surface area contributed by atoms with Gasteiger partial charge in [0.1, 0.15) is 12.4 Å². The third-order valence-electron chi connectivity index (χ3n) is 3.97. The molecule has 2 unspecified atom stereocenters. The molecule has 0 fully saturated rings. The molecule has 20 heavy (non-hydrogen) atoms. The molecule has 0 aliphatic heterocycles. The number of rotatable bonds is 7. The number of hydrogen-bond acceptors (Lipinski definition) is 2. The van der Waals surface area contributed by atoms with Gasteiger partial charge in [-0.05, 0) is 23.9 Å². The molecule has 0 radical (unpaired) electrons. The van der Waals surface area contributed by atoms with Gasteiger partial charge in [-0.25, -0.2) is 0 Å². The number of fused-ring (bicyclic) bond motifs is 1. The van der Waals surface area contributed by atoms with Crippen LogP contribution < -0.4 is 10.1 Å². The number of ether oxygens (including phenoxy) is 1. The van der Waals surface area contributed by atoms with E-state index in [1.54, 1.807) is 0 Å². The van der Waals surface area contributed by atoms with Crippen LogP contribution >= 0.6 is 0 Å². The summed E-state index contributed by atoms with van der Waals surface area (Å²) >= 11 is 0. The summed E-state index contributed by atoms with van der Waals surface area (Å²) in [6.45, 7) is 8.35. The molecule has 0 aromatic heterocycles. The van der Waals surface area contributed by atoms with E-state index >= 15 is 0 Å². The Bertz CT molecular complexity index is 532. The number of likely N-dealkylation sites (N-methyl/N-ethyl adjacent to an activating group) is 1. The van der Waals surface area contributed by atoms with Gasteiger partial charge in [0.15, 0.2) is 0 Å². The first-order valence-electron chi connectivity index (χ1n) is 7.60. The van der Waals surface area contributed by atoms with Crippen LogP contribution in [0.5, 0.6) is 5.75 Å². The Labute approximate surface area is 122 Å².